The fourth-order valence-electron chi connectivity index (χ4n) is 3.74. The van der Waals surface area contributed by atoms with Crippen LogP contribution >= 0.6 is 0 Å². The Morgan fingerprint density at radius 2 is 2.03 bits per heavy atom. The van der Waals surface area contributed by atoms with E-state index < -0.39 is 0 Å². The number of nitrogens with zero attached hydrogens (tertiary/aromatic N) is 3. The summed E-state index contributed by atoms with van der Waals surface area (Å²) in [6.45, 7) is 5.04. The summed E-state index contributed by atoms with van der Waals surface area (Å²) in [7, 11) is 0. The molecule has 2 aromatic carbocycles. The molecule has 0 bridgehead atoms. The number of anilines is 1. The van der Waals surface area contributed by atoms with E-state index in [1.165, 1.54) is 0 Å². The molecule has 2 aromatic heterocycles. The number of amides is 1. The van der Waals surface area contributed by atoms with Crippen molar-refractivity contribution in [2.75, 3.05) is 11.9 Å². The predicted octanol–water partition coefficient (Wildman–Crippen LogP) is 4.44. The molecule has 0 unspecified atom stereocenters. The van der Waals surface area contributed by atoms with Gasteiger partial charge in [0, 0.05) is 22.8 Å². The van der Waals surface area contributed by atoms with E-state index in [0.717, 1.165) is 39.4 Å². The molecule has 0 atom stereocenters. The molecule has 1 aliphatic heterocycles. The normalized spacial score (nSPS) is 11.9. The number of hydrogen-bond acceptors (Lipinski definition) is 6. The average Bonchev–Trinajstić information content (AvgIpc) is 3.42. The highest BCUT2D eigenvalue weighted by atomic mass is 16.5. The number of aromatic nitrogens is 3. The number of fused-ring (bicyclic) bond motifs is 3. The molecule has 0 aliphatic carbocycles. The lowest BCUT2D eigenvalue weighted by atomic mass is 10.0. The summed E-state index contributed by atoms with van der Waals surface area (Å²) >= 11 is 0. The zero-order valence-electron chi connectivity index (χ0n) is 17.8. The maximum atomic E-state index is 12.7. The third-order valence-corrected chi connectivity index (χ3v) is 5.22. The smallest absolute Gasteiger partial charge is 0.248 e. The van der Waals surface area contributed by atoms with Crippen molar-refractivity contribution >= 4 is 11.8 Å². The summed E-state index contributed by atoms with van der Waals surface area (Å²) in [5.74, 6) is 1.60. The van der Waals surface area contributed by atoms with Gasteiger partial charge in [0.25, 0.3) is 0 Å². The number of hydrogen-bond donors (Lipinski definition) is 1. The molecule has 0 fully saturated rings. The van der Waals surface area contributed by atoms with Crippen molar-refractivity contribution in [3.05, 3.63) is 65.9 Å². The van der Waals surface area contributed by atoms with Crippen molar-refractivity contribution in [3.8, 4) is 34.0 Å². The van der Waals surface area contributed by atoms with Gasteiger partial charge in [-0.25, -0.2) is 0 Å². The van der Waals surface area contributed by atoms with Crippen LogP contribution in [0.1, 0.15) is 18.1 Å². The Bertz CT molecular complexity index is 1270. The van der Waals surface area contributed by atoms with E-state index in [1.807, 2.05) is 56.3 Å². The minimum absolute atomic E-state index is 0.0435. The Labute approximate surface area is 184 Å². The summed E-state index contributed by atoms with van der Waals surface area (Å²) in [6, 6.07) is 15.2. The lowest BCUT2D eigenvalue weighted by Crippen LogP contribution is -2.20. The molecule has 5 rings (SSSR count). The van der Waals surface area contributed by atoms with Gasteiger partial charge in [0.15, 0.2) is 0 Å². The van der Waals surface area contributed by atoms with Gasteiger partial charge in [-0.3, -0.25) is 14.8 Å². The Balaban J connectivity index is 1.30. The van der Waals surface area contributed by atoms with E-state index in [-0.39, 0.29) is 18.3 Å². The van der Waals surface area contributed by atoms with Gasteiger partial charge in [-0.15, -0.1) is 0 Å². The highest BCUT2D eigenvalue weighted by Gasteiger charge is 2.23. The summed E-state index contributed by atoms with van der Waals surface area (Å²) < 4.78 is 18.3. The lowest BCUT2D eigenvalue weighted by molar-refractivity contribution is -0.117. The summed E-state index contributed by atoms with van der Waals surface area (Å²) in [6.07, 6.45) is 1.74. The van der Waals surface area contributed by atoms with Gasteiger partial charge >= 0.3 is 0 Å². The number of nitrogens with one attached hydrogen (secondary N) is 1. The topological polar surface area (TPSA) is 91.4 Å². The van der Waals surface area contributed by atoms with E-state index in [9.17, 15) is 4.79 Å². The lowest BCUT2D eigenvalue weighted by Gasteiger charge is -2.19. The summed E-state index contributed by atoms with van der Waals surface area (Å²) in [5, 5.41) is 11.2. The van der Waals surface area contributed by atoms with E-state index in [4.69, 9.17) is 14.0 Å². The molecule has 1 N–H and O–H groups in total. The van der Waals surface area contributed by atoms with Crippen LogP contribution in [-0.2, 0) is 17.9 Å². The van der Waals surface area contributed by atoms with Crippen LogP contribution in [0.3, 0.4) is 0 Å². The fourth-order valence-corrected chi connectivity index (χ4v) is 3.74. The van der Waals surface area contributed by atoms with E-state index in [0.29, 0.717) is 18.9 Å². The molecule has 3 heterocycles. The van der Waals surface area contributed by atoms with Crippen LogP contribution in [0.25, 0.3) is 22.5 Å². The van der Waals surface area contributed by atoms with Crippen LogP contribution in [0.5, 0.6) is 11.5 Å². The van der Waals surface area contributed by atoms with Crippen LogP contribution in [0, 0.1) is 6.92 Å². The van der Waals surface area contributed by atoms with Crippen LogP contribution in [-0.4, -0.2) is 27.5 Å². The first kappa shape index (κ1) is 19.9. The van der Waals surface area contributed by atoms with Crippen LogP contribution in [0.15, 0.2) is 59.3 Å². The number of carbonyl (C=O) groups is 1. The fraction of sp³-hybridized carbons (Fsp3) is 0.208. The first-order valence-electron chi connectivity index (χ1n) is 10.4. The Morgan fingerprint density at radius 1 is 1.19 bits per heavy atom. The van der Waals surface area contributed by atoms with Crippen molar-refractivity contribution in [2.45, 2.75) is 27.0 Å². The molecule has 162 valence electrons. The molecule has 1 aliphatic rings. The highest BCUT2D eigenvalue weighted by Crippen LogP contribution is 2.38. The highest BCUT2D eigenvalue weighted by molar-refractivity contribution is 5.90. The third-order valence-electron chi connectivity index (χ3n) is 5.22. The van der Waals surface area contributed by atoms with Crippen molar-refractivity contribution in [2.24, 2.45) is 0 Å². The van der Waals surface area contributed by atoms with Gasteiger partial charge in [0.2, 0.25) is 11.8 Å². The number of benzene rings is 2. The summed E-state index contributed by atoms with van der Waals surface area (Å²) in [5.41, 5.74) is 5.40. The second-order valence-corrected chi connectivity index (χ2v) is 7.55. The molecule has 0 spiro atoms. The quantitative estimate of drug-likeness (QED) is 0.486. The van der Waals surface area contributed by atoms with E-state index in [2.05, 4.69) is 15.6 Å². The first-order valence-corrected chi connectivity index (χ1v) is 10.4. The van der Waals surface area contributed by atoms with Gasteiger partial charge in [-0.1, -0.05) is 16.8 Å². The molecule has 8 heteroatoms. The zero-order valence-corrected chi connectivity index (χ0v) is 17.8. The molecule has 0 radical (unpaired) electrons. The van der Waals surface area contributed by atoms with Crippen LogP contribution in [0.2, 0.25) is 0 Å². The molecule has 0 saturated heterocycles. The maximum Gasteiger partial charge on any atom is 0.248 e. The standard InChI is InChI=1S/C24H22N4O4/c1-3-30-18-7-5-16(6-8-18)20-11-23(32-27-20)26-22(29)13-28-24-17(12-25-28)14-31-21-9-4-15(2)10-19(21)24/h4-12H,3,13-14H2,1-2H3,(H,26,29). The molecule has 8 nitrogen and oxygen atoms in total. The maximum absolute atomic E-state index is 12.7. The van der Waals surface area contributed by atoms with Crippen LogP contribution < -0.4 is 14.8 Å². The average molecular weight is 430 g/mol. The monoisotopic (exact) mass is 430 g/mol. The minimum Gasteiger partial charge on any atom is -0.494 e. The number of ether oxygens (including phenoxy) is 2. The second kappa shape index (κ2) is 8.22. The number of carbonyl (C=O) groups excluding carboxylic acids is 1. The predicted molar refractivity (Wildman–Crippen MR) is 118 cm³/mol. The van der Waals surface area contributed by atoms with Gasteiger partial charge in [-0.2, -0.15) is 5.10 Å². The van der Waals surface area contributed by atoms with Crippen LogP contribution in [0.4, 0.5) is 5.88 Å². The van der Waals surface area contributed by atoms with Gasteiger partial charge in [0.1, 0.15) is 30.3 Å². The third kappa shape index (κ3) is 3.82. The Hall–Kier alpha value is -4.07. The Kier molecular flexibility index (Phi) is 5.10. The minimum atomic E-state index is -0.258. The zero-order chi connectivity index (χ0) is 22.1. The molecular weight excluding hydrogens is 408 g/mol. The van der Waals surface area contributed by atoms with Crippen molar-refractivity contribution in [3.63, 3.8) is 0 Å². The molecule has 32 heavy (non-hydrogen) atoms. The summed E-state index contributed by atoms with van der Waals surface area (Å²) in [4.78, 5) is 12.7. The molecule has 1 amide bonds. The van der Waals surface area contributed by atoms with Crippen molar-refractivity contribution in [1.29, 1.82) is 0 Å². The molecule has 4 aromatic rings. The van der Waals surface area contributed by atoms with E-state index >= 15 is 0 Å². The number of rotatable bonds is 6. The van der Waals surface area contributed by atoms with Gasteiger partial charge in [0.05, 0.1) is 18.5 Å². The van der Waals surface area contributed by atoms with Crippen molar-refractivity contribution < 1.29 is 18.8 Å². The van der Waals surface area contributed by atoms with Gasteiger partial charge in [-0.05, 0) is 50.2 Å². The van der Waals surface area contributed by atoms with E-state index in [1.54, 1.807) is 16.9 Å². The number of aryl methyl sites for hydroxylation is 1. The van der Waals surface area contributed by atoms with Crippen molar-refractivity contribution in [1.82, 2.24) is 14.9 Å². The second-order valence-electron chi connectivity index (χ2n) is 7.55. The largest absolute Gasteiger partial charge is 0.494 e. The first-order chi connectivity index (χ1) is 15.6. The Morgan fingerprint density at radius 3 is 2.84 bits per heavy atom. The SMILES string of the molecule is CCOc1ccc(-c2cc(NC(=O)Cn3ncc4c3-c3cc(C)ccc3OC4)on2)cc1. The molecule has 0 saturated carbocycles. The van der Waals surface area contributed by atoms with Gasteiger partial charge < -0.3 is 14.0 Å². The molecular formula is C24H22N4O4.